The molecule has 258 valence electrons. The number of amides is 1. The molecule has 0 radical (unpaired) electrons. The van der Waals surface area contributed by atoms with Crippen molar-refractivity contribution >= 4 is 46.0 Å². The van der Waals surface area contributed by atoms with E-state index in [9.17, 15) is 31.5 Å². The van der Waals surface area contributed by atoms with E-state index in [0.717, 1.165) is 10.6 Å². The molecule has 0 saturated carbocycles. The van der Waals surface area contributed by atoms with Gasteiger partial charge in [-0.25, -0.2) is 18.0 Å². The Bertz CT molecular complexity index is 2090. The van der Waals surface area contributed by atoms with Gasteiger partial charge in [-0.15, -0.1) is 22.0 Å². The summed E-state index contributed by atoms with van der Waals surface area (Å²) in [5.74, 6) is -4.32. The number of nitrogens with zero attached hydrogens (tertiary/aromatic N) is 8. The minimum atomic E-state index is -4.65. The summed E-state index contributed by atoms with van der Waals surface area (Å²) in [5.41, 5.74) is -0.482. The topological polar surface area (TPSA) is 92.4 Å². The van der Waals surface area contributed by atoms with Crippen molar-refractivity contribution in [1.29, 1.82) is 0 Å². The van der Waals surface area contributed by atoms with Crippen molar-refractivity contribution in [2.24, 2.45) is 0 Å². The maximum atomic E-state index is 15.3. The van der Waals surface area contributed by atoms with E-state index in [-0.39, 0.29) is 65.9 Å². The Morgan fingerprint density at radius 3 is 2.55 bits per heavy atom. The molecule has 1 saturated heterocycles. The fourth-order valence-corrected chi connectivity index (χ4v) is 8.54. The normalized spacial score (nSPS) is 19.8. The number of hydrogen-bond donors (Lipinski definition) is 0. The van der Waals surface area contributed by atoms with Crippen molar-refractivity contribution in [2.75, 3.05) is 43.4 Å². The molecule has 0 aliphatic carbocycles. The Morgan fingerprint density at radius 1 is 1.08 bits per heavy atom. The van der Waals surface area contributed by atoms with Crippen LogP contribution in [-0.4, -0.2) is 84.5 Å². The highest BCUT2D eigenvalue weighted by molar-refractivity contribution is 7.99. The number of carbonyl (C=O) groups is 1. The lowest BCUT2D eigenvalue weighted by Gasteiger charge is -2.41. The molecule has 4 aromatic rings. The molecule has 3 aliphatic rings. The number of piperazine rings is 1. The van der Waals surface area contributed by atoms with Gasteiger partial charge in [0.15, 0.2) is 11.6 Å². The quantitative estimate of drug-likeness (QED) is 0.159. The van der Waals surface area contributed by atoms with Crippen LogP contribution in [0.2, 0.25) is 5.02 Å². The Morgan fingerprint density at radius 2 is 1.84 bits per heavy atom. The molecule has 2 aromatic heterocycles. The summed E-state index contributed by atoms with van der Waals surface area (Å²) in [4.78, 5) is 36.6. The second kappa shape index (κ2) is 12.4. The van der Waals surface area contributed by atoms with Gasteiger partial charge in [0.05, 0.1) is 23.1 Å². The van der Waals surface area contributed by atoms with Crippen LogP contribution in [0.3, 0.4) is 0 Å². The number of aromatic nitrogens is 5. The summed E-state index contributed by atoms with van der Waals surface area (Å²) in [5, 5.41) is 7.56. The Labute approximate surface area is 283 Å². The first-order chi connectivity index (χ1) is 23.3. The summed E-state index contributed by atoms with van der Waals surface area (Å²) in [6.45, 7) is 6.89. The number of fused-ring (bicyclic) bond motifs is 1. The number of thioether (sulfide) groups is 1. The number of anilines is 1. The van der Waals surface area contributed by atoms with E-state index in [0.29, 0.717) is 47.3 Å². The molecule has 10 nitrogen and oxygen atoms in total. The Balaban J connectivity index is 1.34. The van der Waals surface area contributed by atoms with Crippen LogP contribution in [0.15, 0.2) is 40.5 Å². The van der Waals surface area contributed by atoms with Crippen LogP contribution in [0.5, 0.6) is 0 Å². The molecule has 1 amide bonds. The molecule has 2 aromatic carbocycles. The highest BCUT2D eigenvalue weighted by Gasteiger charge is 2.40. The highest BCUT2D eigenvalue weighted by Crippen LogP contribution is 2.48. The third kappa shape index (κ3) is 5.74. The molecule has 7 rings (SSSR count). The van der Waals surface area contributed by atoms with Crippen molar-refractivity contribution in [1.82, 2.24) is 34.1 Å². The molecular weight excluding hydrogens is 698 g/mol. The molecule has 3 aliphatic heterocycles. The lowest BCUT2D eigenvalue weighted by Crippen LogP contribution is -2.54. The molecule has 1 fully saturated rings. The largest absolute Gasteiger partial charge is 0.451 e. The molecule has 0 spiro atoms. The van der Waals surface area contributed by atoms with Crippen LogP contribution >= 0.6 is 23.4 Å². The first-order valence-electron chi connectivity index (χ1n) is 15.2. The van der Waals surface area contributed by atoms with Crippen molar-refractivity contribution in [3.63, 3.8) is 0 Å². The van der Waals surface area contributed by atoms with E-state index < -0.39 is 41.2 Å². The van der Waals surface area contributed by atoms with Gasteiger partial charge < -0.3 is 14.4 Å². The molecule has 0 bridgehead atoms. The fraction of sp³-hybridized carbons (Fsp3) is 0.387. The Hall–Kier alpha value is -4.09. The van der Waals surface area contributed by atoms with E-state index >= 15 is 4.39 Å². The van der Waals surface area contributed by atoms with E-state index in [2.05, 4.69) is 21.8 Å². The Kier molecular flexibility index (Phi) is 8.42. The second-order valence-corrected chi connectivity index (χ2v) is 13.6. The van der Waals surface area contributed by atoms with Crippen LogP contribution in [0, 0.1) is 17.5 Å². The lowest BCUT2D eigenvalue weighted by molar-refractivity contribution is -0.148. The molecular formula is C31H27ClF6N8O2S. The van der Waals surface area contributed by atoms with Gasteiger partial charge in [-0.05, 0) is 25.1 Å². The summed E-state index contributed by atoms with van der Waals surface area (Å²) in [6, 6.07) is 1.85. The van der Waals surface area contributed by atoms with Crippen molar-refractivity contribution < 1.29 is 31.1 Å². The van der Waals surface area contributed by atoms with Gasteiger partial charge in [-0.3, -0.25) is 14.3 Å². The van der Waals surface area contributed by atoms with E-state index in [1.165, 1.54) is 28.5 Å². The van der Waals surface area contributed by atoms with Crippen LogP contribution in [0.25, 0.3) is 22.0 Å². The summed E-state index contributed by atoms with van der Waals surface area (Å²) < 4.78 is 86.4. The van der Waals surface area contributed by atoms with Gasteiger partial charge in [0.2, 0.25) is 11.7 Å². The van der Waals surface area contributed by atoms with Gasteiger partial charge in [0.1, 0.15) is 17.5 Å². The van der Waals surface area contributed by atoms with E-state index in [1.807, 2.05) is 16.7 Å². The number of halogens is 7. The van der Waals surface area contributed by atoms with Gasteiger partial charge >= 0.3 is 11.9 Å². The van der Waals surface area contributed by atoms with Gasteiger partial charge in [-0.2, -0.15) is 18.2 Å². The van der Waals surface area contributed by atoms with Gasteiger partial charge in [-0.1, -0.05) is 18.2 Å². The number of hydrogen-bond acceptors (Lipinski definition) is 8. The van der Waals surface area contributed by atoms with Crippen LogP contribution in [0.1, 0.15) is 24.6 Å². The van der Waals surface area contributed by atoms with Crippen LogP contribution in [0.4, 0.5) is 32.2 Å². The summed E-state index contributed by atoms with van der Waals surface area (Å²) in [6.07, 6.45) is -3.42. The predicted molar refractivity (Wildman–Crippen MR) is 170 cm³/mol. The average Bonchev–Trinajstić information content (AvgIpc) is 3.49. The van der Waals surface area contributed by atoms with Crippen molar-refractivity contribution in [3.05, 3.63) is 75.5 Å². The molecule has 0 N–H and O–H groups in total. The average molecular weight is 725 g/mol. The molecule has 49 heavy (non-hydrogen) atoms. The minimum Gasteiger partial charge on any atom is -0.350 e. The van der Waals surface area contributed by atoms with Crippen LogP contribution in [-0.2, 0) is 24.1 Å². The third-order valence-electron chi connectivity index (χ3n) is 9.10. The maximum Gasteiger partial charge on any atom is 0.451 e. The van der Waals surface area contributed by atoms with E-state index in [4.69, 9.17) is 11.6 Å². The molecule has 18 heteroatoms. The minimum absolute atomic E-state index is 0.0114. The molecule has 0 unspecified atom stereocenters. The zero-order chi connectivity index (χ0) is 34.9. The van der Waals surface area contributed by atoms with Gasteiger partial charge in [0.25, 0.3) is 0 Å². The number of alkyl halides is 3. The van der Waals surface area contributed by atoms with Crippen molar-refractivity contribution in [3.8, 4) is 11.1 Å². The smallest absolute Gasteiger partial charge is 0.350 e. The molecule has 2 atom stereocenters. The first-order valence-corrected chi connectivity index (χ1v) is 16.6. The lowest BCUT2D eigenvalue weighted by atomic mass is 10.0. The van der Waals surface area contributed by atoms with Crippen molar-refractivity contribution in [2.45, 2.75) is 43.2 Å². The standard InChI is InChI=1S/C31H27ClF6N8O2S/c1-3-24(47)43-5-7-44(15(2)11-43)28-18-8-19(32)25(17-9-21(34)22(35)10-20(17)33)27-26(18)46(30(48)39-28)16(14-49-27)12-42-4-6-45-23(13-42)40-41-29(45)31(36,37)38/h3,8-10,15-16H,1,4-7,11-14H2,2H3/t15-,16-/m0/s1. The summed E-state index contributed by atoms with van der Waals surface area (Å²) in [7, 11) is 0. The molecule has 5 heterocycles. The number of carbonyl (C=O) groups excluding carboxylic acids is 1. The SMILES string of the molecule is C=CC(=O)N1CCN(c2nc(=O)n3c4c(c(-c5cc(F)c(F)cc5F)c(Cl)cc24)SC[C@@H]3CN2CCn3c(nnc3C(F)(F)F)C2)[C@@H](C)C1. The first kappa shape index (κ1) is 33.4. The van der Waals surface area contributed by atoms with Gasteiger partial charge in [0, 0.05) is 78.5 Å². The maximum absolute atomic E-state index is 15.3. The van der Waals surface area contributed by atoms with Crippen LogP contribution < -0.4 is 10.6 Å². The number of benzene rings is 2. The van der Waals surface area contributed by atoms with E-state index in [1.54, 1.807) is 4.90 Å². The predicted octanol–water partition coefficient (Wildman–Crippen LogP) is 5.13. The highest BCUT2D eigenvalue weighted by atomic mass is 35.5. The summed E-state index contributed by atoms with van der Waals surface area (Å²) >= 11 is 8.06. The third-order valence-corrected chi connectivity index (χ3v) is 10.6. The zero-order valence-corrected chi connectivity index (χ0v) is 27.3. The zero-order valence-electron chi connectivity index (χ0n) is 25.8. The monoisotopic (exact) mass is 724 g/mol. The fourth-order valence-electron chi connectivity index (χ4n) is 6.85. The second-order valence-electron chi connectivity index (χ2n) is 12.1. The number of rotatable bonds is 5.